The number of hydrogen-bond acceptors (Lipinski definition) is 2. The highest BCUT2D eigenvalue weighted by atomic mass is 35.5. The Morgan fingerprint density at radius 3 is 2.10 bits per heavy atom. The number of rotatable bonds is 2. The van der Waals surface area contributed by atoms with Crippen LogP contribution in [0.4, 0.5) is 0 Å². The van der Waals surface area contributed by atoms with E-state index < -0.39 is 11.1 Å². The summed E-state index contributed by atoms with van der Waals surface area (Å²) >= 11 is 6.49. The minimum Gasteiger partial charge on any atom is -0.316 e. The van der Waals surface area contributed by atoms with Crippen molar-refractivity contribution in [2.75, 3.05) is 0 Å². The molecule has 0 aliphatic rings. The minimum absolute atomic E-state index is 0.314. The second-order valence-electron chi connectivity index (χ2n) is 4.99. The standard InChI is InChI=1S/C16H13ClN2O2/c1-9-2-4-10(5-3-9)14(17)11-6-7-12-13(8-11)19-16(21)15(20)18-12/h2-8,14H,1H3,(H,18,20)(H,19,21). The number of fused-ring (bicyclic) bond motifs is 1. The minimum atomic E-state index is -0.666. The maximum absolute atomic E-state index is 11.4. The molecule has 0 bridgehead atoms. The molecule has 0 amide bonds. The summed E-state index contributed by atoms with van der Waals surface area (Å²) in [7, 11) is 0. The molecule has 5 heteroatoms. The molecule has 0 fully saturated rings. The summed E-state index contributed by atoms with van der Waals surface area (Å²) in [6.07, 6.45) is 0. The SMILES string of the molecule is Cc1ccc(C(Cl)c2ccc3[nH]c(=O)c(=O)[nH]c3c2)cc1. The van der Waals surface area contributed by atoms with Crippen LogP contribution in [0.3, 0.4) is 0 Å². The van der Waals surface area contributed by atoms with Crippen molar-refractivity contribution in [3.8, 4) is 0 Å². The van der Waals surface area contributed by atoms with Gasteiger partial charge < -0.3 is 9.97 Å². The van der Waals surface area contributed by atoms with E-state index in [4.69, 9.17) is 11.6 Å². The Bertz CT molecular complexity index is 910. The average molecular weight is 301 g/mol. The summed E-state index contributed by atoms with van der Waals surface area (Å²) in [4.78, 5) is 27.8. The van der Waals surface area contributed by atoms with Crippen LogP contribution in [0.2, 0.25) is 0 Å². The first kappa shape index (κ1) is 13.6. The quantitative estimate of drug-likeness (QED) is 0.564. The lowest BCUT2D eigenvalue weighted by molar-refractivity contribution is 1.11. The number of aromatic amines is 2. The molecule has 1 heterocycles. The van der Waals surface area contributed by atoms with E-state index in [2.05, 4.69) is 9.97 Å². The summed E-state index contributed by atoms with van der Waals surface area (Å²) < 4.78 is 0. The second-order valence-corrected chi connectivity index (χ2v) is 5.42. The van der Waals surface area contributed by atoms with Crippen molar-refractivity contribution in [1.29, 1.82) is 0 Å². The van der Waals surface area contributed by atoms with Crippen LogP contribution >= 0.6 is 11.6 Å². The van der Waals surface area contributed by atoms with E-state index >= 15 is 0 Å². The fourth-order valence-electron chi connectivity index (χ4n) is 2.22. The van der Waals surface area contributed by atoms with Gasteiger partial charge in [0, 0.05) is 0 Å². The average Bonchev–Trinajstić information content (AvgIpc) is 2.48. The van der Waals surface area contributed by atoms with Gasteiger partial charge in [-0.05, 0) is 30.2 Å². The summed E-state index contributed by atoms with van der Waals surface area (Å²) in [5, 5.41) is -0.314. The van der Waals surface area contributed by atoms with Gasteiger partial charge in [0.25, 0.3) is 0 Å². The normalized spacial score (nSPS) is 12.5. The van der Waals surface area contributed by atoms with Crippen LogP contribution in [0.25, 0.3) is 11.0 Å². The van der Waals surface area contributed by atoms with E-state index in [-0.39, 0.29) is 5.38 Å². The highest BCUT2D eigenvalue weighted by Crippen LogP contribution is 2.29. The van der Waals surface area contributed by atoms with Crippen molar-refractivity contribution in [2.45, 2.75) is 12.3 Å². The van der Waals surface area contributed by atoms with Crippen LogP contribution in [0, 0.1) is 6.92 Å². The van der Waals surface area contributed by atoms with E-state index in [9.17, 15) is 9.59 Å². The Hall–Kier alpha value is -2.33. The summed E-state index contributed by atoms with van der Waals surface area (Å²) in [6.45, 7) is 2.02. The molecule has 21 heavy (non-hydrogen) atoms. The fourth-order valence-corrected chi connectivity index (χ4v) is 2.50. The van der Waals surface area contributed by atoms with Crippen molar-refractivity contribution in [2.24, 2.45) is 0 Å². The van der Waals surface area contributed by atoms with E-state index in [1.165, 1.54) is 5.56 Å². The number of aryl methyl sites for hydroxylation is 1. The molecule has 0 radical (unpaired) electrons. The van der Waals surface area contributed by atoms with Gasteiger partial charge in [0.15, 0.2) is 0 Å². The third-order valence-corrected chi connectivity index (χ3v) is 3.91. The Kier molecular flexibility index (Phi) is 3.39. The summed E-state index contributed by atoms with van der Waals surface area (Å²) in [5.41, 5.74) is 2.83. The topological polar surface area (TPSA) is 65.7 Å². The summed E-state index contributed by atoms with van der Waals surface area (Å²) in [5.74, 6) is 0. The van der Waals surface area contributed by atoms with E-state index in [0.29, 0.717) is 11.0 Å². The van der Waals surface area contributed by atoms with Gasteiger partial charge in [-0.25, -0.2) is 0 Å². The third-order valence-electron chi connectivity index (χ3n) is 3.41. The van der Waals surface area contributed by atoms with Gasteiger partial charge >= 0.3 is 11.1 Å². The zero-order valence-electron chi connectivity index (χ0n) is 11.3. The van der Waals surface area contributed by atoms with E-state index in [1.807, 2.05) is 37.3 Å². The van der Waals surface area contributed by atoms with Gasteiger partial charge in [0.05, 0.1) is 16.4 Å². The predicted molar refractivity (Wildman–Crippen MR) is 84.1 cm³/mol. The van der Waals surface area contributed by atoms with Gasteiger partial charge in [-0.1, -0.05) is 35.9 Å². The van der Waals surface area contributed by atoms with E-state index in [1.54, 1.807) is 12.1 Å². The van der Waals surface area contributed by atoms with Crippen molar-refractivity contribution in [3.63, 3.8) is 0 Å². The molecule has 1 atom stereocenters. The highest BCUT2D eigenvalue weighted by Gasteiger charge is 2.11. The number of aromatic nitrogens is 2. The molecule has 2 N–H and O–H groups in total. The van der Waals surface area contributed by atoms with Crippen molar-refractivity contribution in [1.82, 2.24) is 9.97 Å². The van der Waals surface area contributed by atoms with Gasteiger partial charge in [0.1, 0.15) is 0 Å². The number of H-pyrrole nitrogens is 2. The fraction of sp³-hybridized carbons (Fsp3) is 0.125. The molecule has 4 nitrogen and oxygen atoms in total. The van der Waals surface area contributed by atoms with Crippen LogP contribution in [-0.2, 0) is 0 Å². The first-order chi connectivity index (χ1) is 10.0. The van der Waals surface area contributed by atoms with Gasteiger partial charge in [-0.3, -0.25) is 9.59 Å². The van der Waals surface area contributed by atoms with E-state index in [0.717, 1.165) is 11.1 Å². The Morgan fingerprint density at radius 1 is 0.857 bits per heavy atom. The van der Waals surface area contributed by atoms with Crippen molar-refractivity contribution in [3.05, 3.63) is 79.9 Å². The summed E-state index contributed by atoms with van der Waals surface area (Å²) in [6, 6.07) is 13.3. The molecular formula is C16H13ClN2O2. The zero-order valence-corrected chi connectivity index (χ0v) is 12.1. The van der Waals surface area contributed by atoms with Gasteiger partial charge in [-0.2, -0.15) is 0 Å². The number of halogens is 1. The predicted octanol–water partition coefficient (Wildman–Crippen LogP) is 2.85. The maximum Gasteiger partial charge on any atom is 0.314 e. The molecule has 1 unspecified atom stereocenters. The van der Waals surface area contributed by atoms with Gasteiger partial charge in [0.2, 0.25) is 0 Å². The van der Waals surface area contributed by atoms with Crippen LogP contribution in [-0.4, -0.2) is 9.97 Å². The lowest BCUT2D eigenvalue weighted by Crippen LogP contribution is -2.28. The zero-order chi connectivity index (χ0) is 15.0. The molecule has 3 rings (SSSR count). The van der Waals surface area contributed by atoms with Crippen LogP contribution < -0.4 is 11.1 Å². The largest absolute Gasteiger partial charge is 0.316 e. The Labute approximate surface area is 125 Å². The maximum atomic E-state index is 11.4. The first-order valence-corrected chi connectivity index (χ1v) is 6.95. The van der Waals surface area contributed by atoms with Gasteiger partial charge in [-0.15, -0.1) is 11.6 Å². The molecule has 1 aromatic heterocycles. The molecule has 0 saturated carbocycles. The molecule has 3 aromatic rings. The highest BCUT2D eigenvalue weighted by molar-refractivity contribution is 6.22. The molecule has 0 aliphatic heterocycles. The number of nitrogens with one attached hydrogen (secondary N) is 2. The molecule has 2 aromatic carbocycles. The van der Waals surface area contributed by atoms with Crippen LogP contribution in [0.5, 0.6) is 0 Å². The lowest BCUT2D eigenvalue weighted by atomic mass is 10.0. The second kappa shape index (κ2) is 5.22. The lowest BCUT2D eigenvalue weighted by Gasteiger charge is -2.11. The molecule has 0 spiro atoms. The molecular weight excluding hydrogens is 288 g/mol. The molecule has 0 saturated heterocycles. The smallest absolute Gasteiger partial charge is 0.314 e. The monoisotopic (exact) mass is 300 g/mol. The van der Waals surface area contributed by atoms with Crippen molar-refractivity contribution < 1.29 is 0 Å². The Morgan fingerprint density at radius 2 is 1.43 bits per heavy atom. The third kappa shape index (κ3) is 2.62. The van der Waals surface area contributed by atoms with Crippen LogP contribution in [0.15, 0.2) is 52.1 Å². The Balaban J connectivity index is 2.08. The van der Waals surface area contributed by atoms with Crippen molar-refractivity contribution >= 4 is 22.6 Å². The number of hydrogen-bond donors (Lipinski definition) is 2. The number of alkyl halides is 1. The number of benzene rings is 2. The molecule has 0 aliphatic carbocycles. The first-order valence-electron chi connectivity index (χ1n) is 6.51. The molecule has 106 valence electrons. The van der Waals surface area contributed by atoms with Crippen LogP contribution in [0.1, 0.15) is 22.1 Å².